The predicted molar refractivity (Wildman–Crippen MR) is 307 cm³/mol. The van der Waals surface area contributed by atoms with Crippen LogP contribution in [0.2, 0.25) is 0 Å². The first-order chi connectivity index (χ1) is 35.0. The van der Waals surface area contributed by atoms with E-state index in [-0.39, 0.29) is 37.5 Å². The Morgan fingerprint density at radius 2 is 0.563 bits per heavy atom. The minimum atomic E-state index is -0.809. The van der Waals surface area contributed by atoms with Gasteiger partial charge in [-0.3, -0.25) is 14.4 Å². The van der Waals surface area contributed by atoms with Gasteiger partial charge in [0, 0.05) is 19.3 Å². The molecule has 0 aromatic rings. The molecule has 0 aliphatic heterocycles. The standard InChI is InChI=1S/C65H112O6/c1-4-7-10-13-16-19-22-25-28-31-32-35-37-40-43-46-49-52-55-58-64(67)70-61-62(71-65(68)59-56-53-50-47-44-41-38-34-30-27-24-21-18-15-12-9-6-3)60-69-63(66)57-54-51-48-45-42-39-36-33-29-26-23-20-17-14-11-8-5-2/h9,12,17-18,20-21,26-27,29-30,38,41,47,50,62H,4-8,10-11,13-16,19,22-25,28,31-37,39-40,42-46,48-49,51-61H2,1-3H3/b12-9-,20-17-,21-18-,29-26-,30-27-,41-38-,50-47-. The summed E-state index contributed by atoms with van der Waals surface area (Å²) in [6.07, 6.45) is 77.3. The van der Waals surface area contributed by atoms with Crippen LogP contribution < -0.4 is 0 Å². The molecule has 0 N–H and O–H groups in total. The fraction of sp³-hybridized carbons (Fsp3) is 0.738. The van der Waals surface area contributed by atoms with E-state index >= 15 is 0 Å². The van der Waals surface area contributed by atoms with Crippen molar-refractivity contribution in [2.75, 3.05) is 13.2 Å². The second kappa shape index (κ2) is 59.2. The zero-order valence-corrected chi connectivity index (χ0v) is 46.7. The van der Waals surface area contributed by atoms with Crippen molar-refractivity contribution in [2.45, 2.75) is 297 Å². The van der Waals surface area contributed by atoms with E-state index in [4.69, 9.17) is 14.2 Å². The third-order valence-electron chi connectivity index (χ3n) is 12.9. The van der Waals surface area contributed by atoms with Gasteiger partial charge in [-0.25, -0.2) is 0 Å². The van der Waals surface area contributed by atoms with Crippen LogP contribution in [0.3, 0.4) is 0 Å². The molecule has 1 unspecified atom stereocenters. The maximum Gasteiger partial charge on any atom is 0.306 e. The number of carbonyl (C=O) groups excluding carboxylic acids is 3. The van der Waals surface area contributed by atoms with E-state index in [2.05, 4.69) is 106 Å². The van der Waals surface area contributed by atoms with E-state index in [1.165, 1.54) is 154 Å². The first-order valence-electron chi connectivity index (χ1n) is 30.1. The second-order valence-electron chi connectivity index (χ2n) is 19.9. The van der Waals surface area contributed by atoms with Crippen molar-refractivity contribution in [3.05, 3.63) is 85.1 Å². The summed E-state index contributed by atoms with van der Waals surface area (Å²) in [6.45, 7) is 6.48. The highest BCUT2D eigenvalue weighted by atomic mass is 16.6. The molecule has 1 atom stereocenters. The van der Waals surface area contributed by atoms with Gasteiger partial charge in [-0.05, 0) is 89.9 Å². The molecule has 6 nitrogen and oxygen atoms in total. The molecule has 0 fully saturated rings. The Morgan fingerprint density at radius 1 is 0.296 bits per heavy atom. The average molecular weight is 990 g/mol. The van der Waals surface area contributed by atoms with Crippen molar-refractivity contribution in [3.8, 4) is 0 Å². The topological polar surface area (TPSA) is 78.9 Å². The molecule has 0 aromatic carbocycles. The lowest BCUT2D eigenvalue weighted by Gasteiger charge is -2.18. The number of unbranched alkanes of at least 4 members (excludes halogenated alkanes) is 29. The number of allylic oxidation sites excluding steroid dienone is 14. The van der Waals surface area contributed by atoms with Gasteiger partial charge in [-0.2, -0.15) is 0 Å². The molecule has 6 heteroatoms. The number of ether oxygens (including phenoxy) is 3. The molecule has 0 amide bonds. The summed E-state index contributed by atoms with van der Waals surface area (Å²) in [5.41, 5.74) is 0. The van der Waals surface area contributed by atoms with Crippen molar-refractivity contribution in [3.63, 3.8) is 0 Å². The Morgan fingerprint density at radius 3 is 0.930 bits per heavy atom. The van der Waals surface area contributed by atoms with Crippen molar-refractivity contribution in [1.29, 1.82) is 0 Å². The molecule has 0 saturated heterocycles. The molecule has 71 heavy (non-hydrogen) atoms. The molecule has 0 bridgehead atoms. The number of hydrogen-bond acceptors (Lipinski definition) is 6. The highest BCUT2D eigenvalue weighted by Crippen LogP contribution is 2.16. The summed E-state index contributed by atoms with van der Waals surface area (Å²) in [5.74, 6) is -0.956. The normalized spacial score (nSPS) is 12.7. The second-order valence-corrected chi connectivity index (χ2v) is 19.9. The molecule has 0 heterocycles. The SMILES string of the molecule is CC/C=C\C/C=C\C/C=C\C/C=C\C/C=C\CCCC(=O)OC(COC(=O)CCCCCCCCC/C=C\C/C=C\CCCCC)COC(=O)CCCCCCCCCCCCCCCCCCCCC. The quantitative estimate of drug-likeness (QED) is 0.0261. The monoisotopic (exact) mass is 989 g/mol. The maximum absolute atomic E-state index is 12.9. The number of rotatable bonds is 54. The number of carbonyl (C=O) groups is 3. The van der Waals surface area contributed by atoms with Gasteiger partial charge in [0.15, 0.2) is 6.10 Å². The first-order valence-corrected chi connectivity index (χ1v) is 30.1. The molecular weight excluding hydrogens is 877 g/mol. The first kappa shape index (κ1) is 67.6. The molecule has 0 aliphatic carbocycles. The minimum Gasteiger partial charge on any atom is -0.462 e. The van der Waals surface area contributed by atoms with Crippen molar-refractivity contribution < 1.29 is 28.6 Å². The van der Waals surface area contributed by atoms with Crippen LogP contribution in [0, 0.1) is 0 Å². The summed E-state index contributed by atoms with van der Waals surface area (Å²) in [6, 6.07) is 0. The van der Waals surface area contributed by atoms with Crippen LogP contribution in [0.1, 0.15) is 290 Å². The number of hydrogen-bond donors (Lipinski definition) is 0. The van der Waals surface area contributed by atoms with E-state index < -0.39 is 6.10 Å². The van der Waals surface area contributed by atoms with Crippen LogP contribution in [0.25, 0.3) is 0 Å². The van der Waals surface area contributed by atoms with Crippen LogP contribution >= 0.6 is 0 Å². The van der Waals surface area contributed by atoms with E-state index in [0.717, 1.165) is 89.9 Å². The van der Waals surface area contributed by atoms with Crippen molar-refractivity contribution >= 4 is 17.9 Å². The Kier molecular flexibility index (Phi) is 56.3. The van der Waals surface area contributed by atoms with E-state index in [1.54, 1.807) is 0 Å². The third kappa shape index (κ3) is 57.4. The van der Waals surface area contributed by atoms with Gasteiger partial charge in [0.25, 0.3) is 0 Å². The van der Waals surface area contributed by atoms with E-state index in [9.17, 15) is 14.4 Å². The summed E-state index contributed by atoms with van der Waals surface area (Å²) >= 11 is 0. The lowest BCUT2D eigenvalue weighted by Crippen LogP contribution is -2.30. The smallest absolute Gasteiger partial charge is 0.306 e. The molecule has 0 radical (unpaired) electrons. The average Bonchev–Trinajstić information content (AvgIpc) is 3.37. The maximum atomic E-state index is 12.9. The van der Waals surface area contributed by atoms with Gasteiger partial charge in [0.05, 0.1) is 0 Å². The summed E-state index contributed by atoms with van der Waals surface area (Å²) < 4.78 is 16.8. The molecular formula is C65H112O6. The molecule has 0 spiro atoms. The summed E-state index contributed by atoms with van der Waals surface area (Å²) in [5, 5.41) is 0. The Balaban J connectivity index is 4.45. The van der Waals surface area contributed by atoms with Crippen LogP contribution in [0.15, 0.2) is 85.1 Å². The van der Waals surface area contributed by atoms with Crippen LogP contribution in [0.4, 0.5) is 0 Å². The third-order valence-corrected chi connectivity index (χ3v) is 12.9. The van der Waals surface area contributed by atoms with Gasteiger partial charge >= 0.3 is 17.9 Å². The zero-order valence-electron chi connectivity index (χ0n) is 46.7. The Labute approximate surface area is 439 Å². The summed E-state index contributed by atoms with van der Waals surface area (Å²) in [7, 11) is 0. The lowest BCUT2D eigenvalue weighted by molar-refractivity contribution is -0.167. The van der Waals surface area contributed by atoms with Crippen LogP contribution in [-0.4, -0.2) is 37.2 Å². The molecule has 0 rings (SSSR count). The molecule has 0 saturated carbocycles. The molecule has 0 aromatic heterocycles. The van der Waals surface area contributed by atoms with E-state index in [1.807, 2.05) is 0 Å². The summed E-state index contributed by atoms with van der Waals surface area (Å²) in [4.78, 5) is 38.2. The fourth-order valence-electron chi connectivity index (χ4n) is 8.39. The van der Waals surface area contributed by atoms with Gasteiger partial charge in [-0.15, -0.1) is 0 Å². The minimum absolute atomic E-state index is 0.0995. The fourth-order valence-corrected chi connectivity index (χ4v) is 8.39. The molecule has 408 valence electrons. The Hall–Kier alpha value is -3.41. The largest absolute Gasteiger partial charge is 0.462 e. The van der Waals surface area contributed by atoms with Crippen LogP contribution in [0.5, 0.6) is 0 Å². The molecule has 0 aliphatic rings. The highest BCUT2D eigenvalue weighted by molar-refractivity contribution is 5.71. The lowest BCUT2D eigenvalue weighted by atomic mass is 10.0. The van der Waals surface area contributed by atoms with Gasteiger partial charge in [-0.1, -0.05) is 266 Å². The van der Waals surface area contributed by atoms with Gasteiger partial charge < -0.3 is 14.2 Å². The zero-order chi connectivity index (χ0) is 51.4. The van der Waals surface area contributed by atoms with Gasteiger partial charge in [0.1, 0.15) is 13.2 Å². The van der Waals surface area contributed by atoms with Crippen molar-refractivity contribution in [1.82, 2.24) is 0 Å². The van der Waals surface area contributed by atoms with Crippen molar-refractivity contribution in [2.24, 2.45) is 0 Å². The van der Waals surface area contributed by atoms with Gasteiger partial charge in [0.2, 0.25) is 0 Å². The van der Waals surface area contributed by atoms with Crippen LogP contribution in [-0.2, 0) is 28.6 Å². The highest BCUT2D eigenvalue weighted by Gasteiger charge is 2.19. The van der Waals surface area contributed by atoms with E-state index in [0.29, 0.717) is 19.3 Å². The Bertz CT molecular complexity index is 1370. The number of esters is 3. The predicted octanol–water partition coefficient (Wildman–Crippen LogP) is 20.3.